The van der Waals surface area contributed by atoms with Crippen LogP contribution in [-0.2, 0) is 17.2 Å². The molecule has 0 radical (unpaired) electrons. The second-order valence-electron chi connectivity index (χ2n) is 3.32. The molecule has 1 aromatic carbocycles. The van der Waals surface area contributed by atoms with Gasteiger partial charge in [0, 0.05) is 24.3 Å². The van der Waals surface area contributed by atoms with Gasteiger partial charge in [0.2, 0.25) is 0 Å². The third kappa shape index (κ3) is 2.78. The van der Waals surface area contributed by atoms with Crippen molar-refractivity contribution in [3.63, 3.8) is 0 Å². The van der Waals surface area contributed by atoms with Gasteiger partial charge in [-0.1, -0.05) is 17.7 Å². The minimum absolute atomic E-state index is 0.00402. The van der Waals surface area contributed by atoms with E-state index in [4.69, 9.17) is 15.8 Å². The highest BCUT2D eigenvalue weighted by Gasteiger charge is 2.18. The number of aryl methyl sites for hydroxylation is 1. The van der Waals surface area contributed by atoms with E-state index in [2.05, 4.69) is 5.10 Å². The van der Waals surface area contributed by atoms with Gasteiger partial charge in [0.25, 0.3) is 5.88 Å². The summed E-state index contributed by atoms with van der Waals surface area (Å²) >= 11 is 5.72. The first-order chi connectivity index (χ1) is 7.97. The number of hydrogen-bond acceptors (Lipinski definition) is 4. The minimum atomic E-state index is -3.88. The van der Waals surface area contributed by atoms with E-state index < -0.39 is 10.1 Å². The zero-order valence-electron chi connectivity index (χ0n) is 8.87. The molecule has 0 spiro atoms. The quantitative estimate of drug-likeness (QED) is 0.800. The van der Waals surface area contributed by atoms with E-state index >= 15 is 0 Å². The zero-order valence-corrected chi connectivity index (χ0v) is 10.4. The predicted molar refractivity (Wildman–Crippen MR) is 62.5 cm³/mol. The van der Waals surface area contributed by atoms with Gasteiger partial charge in [-0.3, -0.25) is 4.68 Å². The number of halogens is 1. The molecule has 1 heterocycles. The number of hydrogen-bond donors (Lipinski definition) is 0. The van der Waals surface area contributed by atoms with E-state index in [-0.39, 0.29) is 10.8 Å². The van der Waals surface area contributed by atoms with E-state index in [0.29, 0.717) is 5.02 Å². The molecule has 17 heavy (non-hydrogen) atoms. The summed E-state index contributed by atoms with van der Waals surface area (Å²) in [5, 5.41) is 4.16. The molecule has 0 atom stereocenters. The fraction of sp³-hybridized carbons (Fsp3) is 0.100. The van der Waals surface area contributed by atoms with Gasteiger partial charge in [-0.15, -0.1) is 5.10 Å². The number of nitrogens with zero attached hydrogens (tertiary/aromatic N) is 2. The first-order valence-electron chi connectivity index (χ1n) is 4.67. The SMILES string of the molecule is Cn1ccc(OS(=O)(=O)c2cccc(Cl)c2)n1. The highest BCUT2D eigenvalue weighted by molar-refractivity contribution is 7.87. The lowest BCUT2D eigenvalue weighted by Gasteiger charge is -2.04. The Hall–Kier alpha value is -1.53. The van der Waals surface area contributed by atoms with Crippen LogP contribution in [0, 0.1) is 0 Å². The lowest BCUT2D eigenvalue weighted by molar-refractivity contribution is 0.471. The molecule has 5 nitrogen and oxygen atoms in total. The molecule has 2 rings (SSSR count). The molecular weight excluding hydrogens is 264 g/mol. The van der Waals surface area contributed by atoms with Gasteiger partial charge in [-0.25, -0.2) is 0 Å². The standard InChI is InChI=1S/C10H9ClN2O3S/c1-13-6-5-10(12-13)16-17(14,15)9-4-2-3-8(11)7-9/h2-7H,1H3. The molecule has 0 aliphatic carbocycles. The first-order valence-corrected chi connectivity index (χ1v) is 6.46. The third-order valence-electron chi connectivity index (χ3n) is 1.97. The maximum absolute atomic E-state index is 11.8. The van der Waals surface area contributed by atoms with Crippen LogP contribution in [0.15, 0.2) is 41.4 Å². The molecule has 1 aromatic heterocycles. The Morgan fingerprint density at radius 1 is 1.35 bits per heavy atom. The molecule has 0 aliphatic rings. The van der Waals surface area contributed by atoms with Crippen molar-refractivity contribution >= 4 is 21.7 Å². The molecule has 0 aliphatic heterocycles. The molecule has 0 unspecified atom stereocenters. The van der Waals surface area contributed by atoms with Gasteiger partial charge in [0.1, 0.15) is 4.90 Å². The molecule has 2 aromatic rings. The van der Waals surface area contributed by atoms with Crippen LogP contribution in [0.3, 0.4) is 0 Å². The van der Waals surface area contributed by atoms with Gasteiger partial charge < -0.3 is 4.18 Å². The summed E-state index contributed by atoms with van der Waals surface area (Å²) in [6, 6.07) is 7.31. The average Bonchev–Trinajstić information content (AvgIpc) is 2.63. The second-order valence-corrected chi connectivity index (χ2v) is 5.31. The third-order valence-corrected chi connectivity index (χ3v) is 3.43. The summed E-state index contributed by atoms with van der Waals surface area (Å²) in [6.45, 7) is 0. The van der Waals surface area contributed by atoms with Crippen LogP contribution >= 0.6 is 11.6 Å². The van der Waals surface area contributed by atoms with Gasteiger partial charge >= 0.3 is 10.1 Å². The van der Waals surface area contributed by atoms with Gasteiger partial charge in [-0.2, -0.15) is 8.42 Å². The highest BCUT2D eigenvalue weighted by Crippen LogP contribution is 2.19. The van der Waals surface area contributed by atoms with E-state index in [1.807, 2.05) is 0 Å². The van der Waals surface area contributed by atoms with Crippen molar-refractivity contribution in [1.82, 2.24) is 9.78 Å². The van der Waals surface area contributed by atoms with Crippen LogP contribution in [0.4, 0.5) is 0 Å². The van der Waals surface area contributed by atoms with Crippen LogP contribution in [0.5, 0.6) is 5.88 Å². The smallest absolute Gasteiger partial charge is 0.340 e. The largest absolute Gasteiger partial charge is 0.357 e. The molecule has 0 fully saturated rings. The average molecular weight is 273 g/mol. The molecule has 0 bridgehead atoms. The fourth-order valence-corrected chi connectivity index (χ4v) is 2.40. The van der Waals surface area contributed by atoms with Crippen molar-refractivity contribution in [1.29, 1.82) is 0 Å². The Morgan fingerprint density at radius 3 is 2.71 bits per heavy atom. The van der Waals surface area contributed by atoms with Crippen molar-refractivity contribution < 1.29 is 12.6 Å². The van der Waals surface area contributed by atoms with Crippen molar-refractivity contribution in [3.8, 4) is 5.88 Å². The Labute approximate surface area is 104 Å². The van der Waals surface area contributed by atoms with Gasteiger partial charge in [0.15, 0.2) is 0 Å². The Balaban J connectivity index is 2.31. The van der Waals surface area contributed by atoms with Gasteiger partial charge in [0.05, 0.1) is 0 Å². The maximum atomic E-state index is 11.8. The molecule has 0 saturated carbocycles. The first kappa shape index (κ1) is 11.9. The van der Waals surface area contributed by atoms with Crippen LogP contribution < -0.4 is 4.18 Å². The summed E-state index contributed by atoms with van der Waals surface area (Å²) in [5.74, 6) is 0.0208. The maximum Gasteiger partial charge on any atom is 0.340 e. The summed E-state index contributed by atoms with van der Waals surface area (Å²) in [7, 11) is -2.22. The Morgan fingerprint density at radius 2 is 2.12 bits per heavy atom. The topological polar surface area (TPSA) is 61.2 Å². The lowest BCUT2D eigenvalue weighted by Crippen LogP contribution is -2.10. The Kier molecular flexibility index (Phi) is 3.08. The van der Waals surface area contributed by atoms with Crippen molar-refractivity contribution in [2.24, 2.45) is 7.05 Å². The summed E-state index contributed by atoms with van der Waals surface area (Å²) in [6.07, 6.45) is 1.59. The lowest BCUT2D eigenvalue weighted by atomic mass is 10.4. The van der Waals surface area contributed by atoms with Crippen molar-refractivity contribution in [2.75, 3.05) is 0 Å². The minimum Gasteiger partial charge on any atom is -0.357 e. The van der Waals surface area contributed by atoms with E-state index in [1.165, 1.54) is 28.9 Å². The molecule has 7 heteroatoms. The van der Waals surface area contributed by atoms with Crippen molar-refractivity contribution in [2.45, 2.75) is 4.90 Å². The summed E-state index contributed by atoms with van der Waals surface area (Å²) in [5.41, 5.74) is 0. The Bertz CT molecular complexity index is 637. The summed E-state index contributed by atoms with van der Waals surface area (Å²) in [4.78, 5) is -0.00402. The fourth-order valence-electron chi connectivity index (χ4n) is 1.22. The molecule has 0 amide bonds. The number of benzene rings is 1. The summed E-state index contributed by atoms with van der Waals surface area (Å²) < 4.78 is 30.0. The van der Waals surface area contributed by atoms with Crippen LogP contribution in [0.1, 0.15) is 0 Å². The number of aromatic nitrogens is 2. The van der Waals surface area contributed by atoms with Gasteiger partial charge in [-0.05, 0) is 18.2 Å². The predicted octanol–water partition coefficient (Wildman–Crippen LogP) is 1.84. The van der Waals surface area contributed by atoms with Crippen molar-refractivity contribution in [3.05, 3.63) is 41.6 Å². The van der Waals surface area contributed by atoms with Crippen LogP contribution in [0.2, 0.25) is 5.02 Å². The van der Waals surface area contributed by atoms with Crippen LogP contribution in [0.25, 0.3) is 0 Å². The highest BCUT2D eigenvalue weighted by atomic mass is 35.5. The van der Waals surface area contributed by atoms with E-state index in [1.54, 1.807) is 19.3 Å². The molecule has 90 valence electrons. The monoisotopic (exact) mass is 272 g/mol. The van der Waals surface area contributed by atoms with Crippen LogP contribution in [-0.4, -0.2) is 18.2 Å². The number of rotatable bonds is 3. The molecule has 0 saturated heterocycles. The zero-order chi connectivity index (χ0) is 12.5. The molecule has 0 N–H and O–H groups in total. The molecular formula is C10H9ClN2O3S. The van der Waals surface area contributed by atoms with E-state index in [9.17, 15) is 8.42 Å². The second kappa shape index (κ2) is 4.38. The van der Waals surface area contributed by atoms with E-state index in [0.717, 1.165) is 0 Å². The normalized spacial score (nSPS) is 11.4.